The van der Waals surface area contributed by atoms with Crippen molar-refractivity contribution >= 4 is 28.9 Å². The Morgan fingerprint density at radius 3 is 2.39 bits per heavy atom. The Labute approximate surface area is 141 Å². The highest BCUT2D eigenvalue weighted by atomic mass is 35.5. The predicted octanol–water partition coefficient (Wildman–Crippen LogP) is 4.66. The minimum absolute atomic E-state index is 0.0667. The van der Waals surface area contributed by atoms with Crippen LogP contribution in [0.3, 0.4) is 0 Å². The van der Waals surface area contributed by atoms with Crippen molar-refractivity contribution in [2.75, 3.05) is 4.90 Å². The van der Waals surface area contributed by atoms with Gasteiger partial charge in [0.2, 0.25) is 5.88 Å². The average Bonchev–Trinajstić information content (AvgIpc) is 2.56. The maximum absolute atomic E-state index is 13.2. The summed E-state index contributed by atoms with van der Waals surface area (Å²) >= 11 is 5.98. The van der Waals surface area contributed by atoms with Crippen LogP contribution < -0.4 is 9.64 Å². The summed E-state index contributed by atoms with van der Waals surface area (Å²) in [6.45, 7) is 5.83. The lowest BCUT2D eigenvalue weighted by atomic mass is 9.93. The van der Waals surface area contributed by atoms with Crippen LogP contribution >= 0.6 is 11.6 Å². The van der Waals surface area contributed by atoms with Crippen molar-refractivity contribution in [1.82, 2.24) is 4.98 Å². The number of pyridine rings is 1. The monoisotopic (exact) mass is 330 g/mol. The zero-order chi connectivity index (χ0) is 16.6. The highest BCUT2D eigenvalue weighted by Crippen LogP contribution is 2.43. The molecule has 1 aromatic heterocycles. The van der Waals surface area contributed by atoms with Gasteiger partial charge in [-0.05, 0) is 56.2 Å². The fourth-order valence-corrected chi connectivity index (χ4v) is 2.98. The van der Waals surface area contributed by atoms with Crippen molar-refractivity contribution in [2.24, 2.45) is 0 Å². The van der Waals surface area contributed by atoms with E-state index in [0.29, 0.717) is 29.4 Å². The molecule has 0 unspecified atom stereocenters. The number of amides is 1. The number of halogens is 1. The van der Waals surface area contributed by atoms with Crippen LogP contribution in [0.15, 0.2) is 36.4 Å². The van der Waals surface area contributed by atoms with Crippen molar-refractivity contribution in [3.05, 3.63) is 47.1 Å². The molecule has 0 saturated carbocycles. The van der Waals surface area contributed by atoms with Gasteiger partial charge in [0.15, 0.2) is 5.60 Å². The van der Waals surface area contributed by atoms with Crippen LogP contribution in [0.1, 0.15) is 32.4 Å². The molecule has 1 aromatic carbocycles. The molecule has 4 nitrogen and oxygen atoms in total. The number of anilines is 2. The second-order valence-corrected chi connectivity index (χ2v) is 6.13. The van der Waals surface area contributed by atoms with E-state index < -0.39 is 5.60 Å². The van der Waals surface area contributed by atoms with Crippen LogP contribution in [0.2, 0.25) is 5.02 Å². The van der Waals surface area contributed by atoms with E-state index in [4.69, 9.17) is 16.3 Å². The molecule has 1 aliphatic rings. The first-order chi connectivity index (χ1) is 11.0. The lowest BCUT2D eigenvalue weighted by Gasteiger charge is -2.41. The van der Waals surface area contributed by atoms with Crippen LogP contribution in [0, 0.1) is 6.92 Å². The normalized spacial score (nSPS) is 16.0. The highest BCUT2D eigenvalue weighted by molar-refractivity contribution is 6.30. The summed E-state index contributed by atoms with van der Waals surface area (Å²) < 4.78 is 6.06. The molecule has 3 rings (SSSR count). The van der Waals surface area contributed by atoms with Gasteiger partial charge in [0, 0.05) is 16.4 Å². The second-order valence-electron chi connectivity index (χ2n) is 5.70. The van der Waals surface area contributed by atoms with Gasteiger partial charge in [-0.15, -0.1) is 0 Å². The molecule has 0 N–H and O–H groups in total. The Hall–Kier alpha value is -2.07. The van der Waals surface area contributed by atoms with E-state index in [1.807, 2.05) is 45.0 Å². The molecule has 0 spiro atoms. The number of aryl methyl sites for hydroxylation is 1. The summed E-state index contributed by atoms with van der Waals surface area (Å²) in [6, 6.07) is 11.0. The first kappa shape index (κ1) is 15.8. The quantitative estimate of drug-likeness (QED) is 0.822. The van der Waals surface area contributed by atoms with Gasteiger partial charge in [-0.25, -0.2) is 4.98 Å². The molecule has 0 aliphatic carbocycles. The largest absolute Gasteiger partial charge is 0.459 e. The summed E-state index contributed by atoms with van der Waals surface area (Å²) in [5.41, 5.74) is 1.41. The molecular formula is C18H19ClN2O2. The lowest BCUT2D eigenvalue weighted by Crippen LogP contribution is -2.54. The lowest BCUT2D eigenvalue weighted by molar-refractivity contribution is -0.135. The third-order valence-corrected chi connectivity index (χ3v) is 4.58. The zero-order valence-electron chi connectivity index (χ0n) is 13.5. The van der Waals surface area contributed by atoms with Gasteiger partial charge in [-0.1, -0.05) is 25.4 Å². The fourth-order valence-electron chi connectivity index (χ4n) is 2.86. The molecule has 2 heterocycles. The molecule has 2 aromatic rings. The van der Waals surface area contributed by atoms with Gasteiger partial charge in [0.1, 0.15) is 5.69 Å². The van der Waals surface area contributed by atoms with Gasteiger partial charge < -0.3 is 4.74 Å². The smallest absolute Gasteiger partial charge is 0.275 e. The third kappa shape index (κ3) is 2.57. The number of benzene rings is 1. The predicted molar refractivity (Wildman–Crippen MR) is 91.5 cm³/mol. The molecule has 0 atom stereocenters. The summed E-state index contributed by atoms with van der Waals surface area (Å²) in [6.07, 6.45) is 1.17. The third-order valence-electron chi connectivity index (χ3n) is 4.33. The van der Waals surface area contributed by atoms with E-state index >= 15 is 0 Å². The first-order valence-electron chi connectivity index (χ1n) is 7.77. The summed E-state index contributed by atoms with van der Waals surface area (Å²) in [4.78, 5) is 19.4. The highest BCUT2D eigenvalue weighted by Gasteiger charge is 2.47. The van der Waals surface area contributed by atoms with Crippen molar-refractivity contribution in [2.45, 2.75) is 39.2 Å². The molecule has 0 radical (unpaired) electrons. The maximum Gasteiger partial charge on any atom is 0.275 e. The van der Waals surface area contributed by atoms with E-state index in [-0.39, 0.29) is 5.91 Å². The SMILES string of the molecule is CCC1(CC)Oc2nc(C)ccc2N(c2ccc(Cl)cc2)C1=O. The maximum atomic E-state index is 13.2. The van der Waals surface area contributed by atoms with E-state index in [1.54, 1.807) is 17.0 Å². The van der Waals surface area contributed by atoms with E-state index in [0.717, 1.165) is 11.4 Å². The Bertz CT molecular complexity index is 739. The van der Waals surface area contributed by atoms with Gasteiger partial charge in [0.25, 0.3) is 5.91 Å². The van der Waals surface area contributed by atoms with Crippen LogP contribution in [0.25, 0.3) is 0 Å². The van der Waals surface area contributed by atoms with Gasteiger partial charge in [-0.3, -0.25) is 9.69 Å². The number of nitrogens with zero attached hydrogens (tertiary/aromatic N) is 2. The van der Waals surface area contributed by atoms with Crippen molar-refractivity contribution in [3.8, 4) is 5.88 Å². The fraction of sp³-hybridized carbons (Fsp3) is 0.333. The van der Waals surface area contributed by atoms with Crippen LogP contribution in [0.4, 0.5) is 11.4 Å². The number of carbonyl (C=O) groups is 1. The number of ether oxygens (including phenoxy) is 1. The molecule has 1 amide bonds. The summed E-state index contributed by atoms with van der Waals surface area (Å²) in [5, 5.41) is 0.633. The van der Waals surface area contributed by atoms with Crippen LogP contribution in [-0.4, -0.2) is 16.5 Å². The Morgan fingerprint density at radius 1 is 1.13 bits per heavy atom. The molecule has 5 heteroatoms. The summed E-state index contributed by atoms with van der Waals surface area (Å²) in [7, 11) is 0. The minimum Gasteiger partial charge on any atom is -0.459 e. The van der Waals surface area contributed by atoms with Gasteiger partial charge >= 0.3 is 0 Å². The average molecular weight is 331 g/mol. The van der Waals surface area contributed by atoms with Crippen molar-refractivity contribution < 1.29 is 9.53 Å². The van der Waals surface area contributed by atoms with E-state index in [1.165, 1.54) is 0 Å². The van der Waals surface area contributed by atoms with Gasteiger partial charge in [0.05, 0.1) is 0 Å². The molecule has 0 saturated heterocycles. The Balaban J connectivity index is 2.19. The van der Waals surface area contributed by atoms with E-state index in [2.05, 4.69) is 4.98 Å². The Morgan fingerprint density at radius 2 is 1.78 bits per heavy atom. The number of fused-ring (bicyclic) bond motifs is 1. The minimum atomic E-state index is -0.882. The number of hydrogen-bond donors (Lipinski definition) is 0. The molecule has 0 fully saturated rings. The van der Waals surface area contributed by atoms with E-state index in [9.17, 15) is 4.79 Å². The zero-order valence-corrected chi connectivity index (χ0v) is 14.2. The first-order valence-corrected chi connectivity index (χ1v) is 8.15. The number of aromatic nitrogens is 1. The molecule has 1 aliphatic heterocycles. The molecule has 0 bridgehead atoms. The number of carbonyl (C=O) groups excluding carboxylic acids is 1. The van der Waals surface area contributed by atoms with Gasteiger partial charge in [-0.2, -0.15) is 0 Å². The number of hydrogen-bond acceptors (Lipinski definition) is 3. The molecule has 23 heavy (non-hydrogen) atoms. The standard InChI is InChI=1S/C18H19ClN2O2/c1-4-18(5-2)17(22)21(14-9-7-13(19)8-10-14)15-11-6-12(3)20-16(15)23-18/h6-11H,4-5H2,1-3H3. The number of rotatable bonds is 3. The van der Waals surface area contributed by atoms with Crippen molar-refractivity contribution in [3.63, 3.8) is 0 Å². The second kappa shape index (κ2) is 5.85. The summed E-state index contributed by atoms with van der Waals surface area (Å²) in [5.74, 6) is 0.436. The van der Waals surface area contributed by atoms with Crippen LogP contribution in [0.5, 0.6) is 5.88 Å². The van der Waals surface area contributed by atoms with Crippen molar-refractivity contribution in [1.29, 1.82) is 0 Å². The Kier molecular flexibility index (Phi) is 4.02. The molecule has 120 valence electrons. The molecular weight excluding hydrogens is 312 g/mol. The van der Waals surface area contributed by atoms with Crippen LogP contribution in [-0.2, 0) is 4.79 Å². The topological polar surface area (TPSA) is 42.4 Å².